The number of aliphatic hydroxyl groups is 1. The van der Waals surface area contributed by atoms with Crippen LogP contribution >= 0.6 is 0 Å². The second kappa shape index (κ2) is 7.85. The number of hydrogen-bond donors (Lipinski definition) is 1. The number of nitrogens with zero attached hydrogens (tertiary/aromatic N) is 1. The van der Waals surface area contributed by atoms with E-state index in [2.05, 4.69) is 20.4 Å². The Bertz CT molecular complexity index is 937. The Kier molecular flexibility index (Phi) is 5.50. The first-order chi connectivity index (χ1) is 13.3. The van der Waals surface area contributed by atoms with Crippen LogP contribution < -0.4 is 0 Å². The quantitative estimate of drug-likeness (QED) is 0.356. The average molecular weight is 375 g/mol. The molecule has 1 amide bonds. The summed E-state index contributed by atoms with van der Waals surface area (Å²) in [7, 11) is 0. The highest BCUT2D eigenvalue weighted by Crippen LogP contribution is 2.39. The first-order valence-corrected chi connectivity index (χ1v) is 9.41. The molecule has 1 N–H and O–H groups in total. The molecule has 144 valence electrons. The van der Waals surface area contributed by atoms with E-state index in [0.29, 0.717) is 11.5 Å². The third-order valence-corrected chi connectivity index (χ3v) is 5.11. The molecule has 1 aliphatic rings. The second-order valence-corrected chi connectivity index (χ2v) is 7.43. The minimum absolute atomic E-state index is 0.119. The average Bonchev–Trinajstić information content (AvgIpc) is 2.93. The number of carbonyl (C=O) groups is 2. The molecule has 0 radical (unpaired) electrons. The molecule has 3 rings (SSSR count). The predicted molar refractivity (Wildman–Crippen MR) is 111 cm³/mol. The zero-order valence-electron chi connectivity index (χ0n) is 16.5. The summed E-state index contributed by atoms with van der Waals surface area (Å²) in [5.41, 5.74) is 3.64. The van der Waals surface area contributed by atoms with E-state index in [1.54, 1.807) is 18.2 Å². The van der Waals surface area contributed by atoms with Crippen LogP contribution in [0.3, 0.4) is 0 Å². The number of benzene rings is 2. The van der Waals surface area contributed by atoms with Gasteiger partial charge in [-0.25, -0.2) is 0 Å². The van der Waals surface area contributed by atoms with Crippen molar-refractivity contribution in [1.82, 2.24) is 4.90 Å². The summed E-state index contributed by atoms with van der Waals surface area (Å²) < 4.78 is 0. The highest BCUT2D eigenvalue weighted by Gasteiger charge is 2.45. The highest BCUT2D eigenvalue weighted by atomic mass is 16.3. The van der Waals surface area contributed by atoms with Crippen LogP contribution in [0.1, 0.15) is 48.1 Å². The second-order valence-electron chi connectivity index (χ2n) is 7.43. The van der Waals surface area contributed by atoms with Crippen molar-refractivity contribution in [1.29, 1.82) is 0 Å². The predicted octanol–water partition coefficient (Wildman–Crippen LogP) is 4.73. The lowest BCUT2D eigenvalue weighted by atomic mass is 9.93. The Morgan fingerprint density at radius 2 is 1.71 bits per heavy atom. The smallest absolute Gasteiger partial charge is 0.295 e. The van der Waals surface area contributed by atoms with Crippen molar-refractivity contribution in [3.63, 3.8) is 0 Å². The summed E-state index contributed by atoms with van der Waals surface area (Å²) in [4.78, 5) is 26.9. The summed E-state index contributed by atoms with van der Waals surface area (Å²) in [6.07, 6.45) is 1.59. The van der Waals surface area contributed by atoms with Crippen molar-refractivity contribution in [3.05, 3.63) is 89.0 Å². The minimum atomic E-state index is -0.669. The van der Waals surface area contributed by atoms with E-state index in [4.69, 9.17) is 0 Å². The van der Waals surface area contributed by atoms with Crippen molar-refractivity contribution in [2.75, 3.05) is 6.54 Å². The maximum Gasteiger partial charge on any atom is 0.295 e. The van der Waals surface area contributed by atoms with Gasteiger partial charge in [-0.3, -0.25) is 9.59 Å². The number of ketones is 1. The van der Waals surface area contributed by atoms with Crippen molar-refractivity contribution in [2.45, 2.75) is 32.7 Å². The maximum absolute atomic E-state index is 12.8. The van der Waals surface area contributed by atoms with Gasteiger partial charge in [0.15, 0.2) is 0 Å². The number of aryl methyl sites for hydroxylation is 1. The zero-order valence-corrected chi connectivity index (χ0v) is 16.5. The monoisotopic (exact) mass is 375 g/mol. The number of hydrogen-bond acceptors (Lipinski definition) is 3. The Morgan fingerprint density at radius 3 is 2.25 bits per heavy atom. The Morgan fingerprint density at radius 1 is 1.11 bits per heavy atom. The fourth-order valence-corrected chi connectivity index (χ4v) is 3.48. The molecule has 1 heterocycles. The first-order valence-electron chi connectivity index (χ1n) is 9.41. The van der Waals surface area contributed by atoms with Gasteiger partial charge in [-0.2, -0.15) is 0 Å². The van der Waals surface area contributed by atoms with Crippen LogP contribution in [0.4, 0.5) is 0 Å². The van der Waals surface area contributed by atoms with Crippen molar-refractivity contribution in [2.24, 2.45) is 0 Å². The molecule has 4 nitrogen and oxygen atoms in total. The largest absolute Gasteiger partial charge is 0.507 e. The molecule has 4 heteroatoms. The summed E-state index contributed by atoms with van der Waals surface area (Å²) in [6, 6.07) is 14.4. The minimum Gasteiger partial charge on any atom is -0.507 e. The molecule has 0 bridgehead atoms. The number of rotatable bonds is 5. The van der Waals surface area contributed by atoms with E-state index in [-0.39, 0.29) is 17.9 Å². The molecule has 0 aromatic heterocycles. The Hall–Kier alpha value is -3.14. The van der Waals surface area contributed by atoms with Gasteiger partial charge >= 0.3 is 0 Å². The number of aliphatic hydroxyl groups excluding tert-OH is 1. The molecule has 2 aromatic carbocycles. The third-order valence-electron chi connectivity index (χ3n) is 5.11. The molecule has 2 aromatic rings. The lowest BCUT2D eigenvalue weighted by Gasteiger charge is -2.24. The topological polar surface area (TPSA) is 57.6 Å². The lowest BCUT2D eigenvalue weighted by Crippen LogP contribution is -2.29. The zero-order chi connectivity index (χ0) is 20.4. The molecular weight excluding hydrogens is 350 g/mol. The molecule has 1 saturated heterocycles. The maximum atomic E-state index is 12.8. The molecule has 1 aliphatic heterocycles. The van der Waals surface area contributed by atoms with Crippen LogP contribution in [0, 0.1) is 6.92 Å². The standard InChI is InChI=1S/C24H25NO3/c1-5-14-25-21(18-12-10-17(11-13-18)15(2)3)20(23(27)24(25)28)22(26)19-8-6-16(4)7-9-19/h5-13,15,21,26H,1,14H2,2-4H3/t21-/m0/s1. The van der Waals surface area contributed by atoms with E-state index in [0.717, 1.165) is 11.1 Å². The van der Waals surface area contributed by atoms with Crippen LogP contribution in [0.15, 0.2) is 66.8 Å². The molecule has 1 atom stereocenters. The molecule has 1 fully saturated rings. The normalized spacial score (nSPS) is 18.7. The van der Waals surface area contributed by atoms with Crippen molar-refractivity contribution in [3.8, 4) is 0 Å². The molecule has 0 saturated carbocycles. The van der Waals surface area contributed by atoms with Gasteiger partial charge in [0.1, 0.15) is 5.76 Å². The SMILES string of the molecule is C=CCN1C(=O)C(=O)C(=C(O)c2ccc(C)cc2)[C@@H]1c1ccc(C(C)C)cc1. The molecule has 0 spiro atoms. The summed E-state index contributed by atoms with van der Waals surface area (Å²) >= 11 is 0. The third kappa shape index (κ3) is 3.50. The van der Waals surface area contributed by atoms with E-state index in [9.17, 15) is 14.7 Å². The van der Waals surface area contributed by atoms with Gasteiger partial charge in [0.25, 0.3) is 11.7 Å². The van der Waals surface area contributed by atoms with Gasteiger partial charge in [-0.15, -0.1) is 6.58 Å². The lowest BCUT2D eigenvalue weighted by molar-refractivity contribution is -0.139. The van der Waals surface area contributed by atoms with Crippen LogP contribution in [0.5, 0.6) is 0 Å². The van der Waals surface area contributed by atoms with E-state index in [1.165, 1.54) is 10.5 Å². The summed E-state index contributed by atoms with van der Waals surface area (Å²) in [5.74, 6) is -1.06. The van der Waals surface area contributed by atoms with Crippen LogP contribution in [0.25, 0.3) is 5.76 Å². The van der Waals surface area contributed by atoms with E-state index < -0.39 is 17.7 Å². The number of amides is 1. The van der Waals surface area contributed by atoms with Crippen molar-refractivity contribution >= 4 is 17.4 Å². The van der Waals surface area contributed by atoms with Crippen LogP contribution in [0.2, 0.25) is 0 Å². The molecule has 28 heavy (non-hydrogen) atoms. The fraction of sp³-hybridized carbons (Fsp3) is 0.250. The van der Waals surface area contributed by atoms with E-state index >= 15 is 0 Å². The van der Waals surface area contributed by atoms with Gasteiger partial charge in [0.2, 0.25) is 0 Å². The summed E-state index contributed by atoms with van der Waals surface area (Å²) in [6.45, 7) is 10.1. The first kappa shape index (κ1) is 19.6. The van der Waals surface area contributed by atoms with Gasteiger partial charge in [-0.05, 0) is 24.0 Å². The number of Topliss-reactive ketones (excluding diaryl/α,β-unsaturated/α-hetero) is 1. The molecular formula is C24H25NO3. The fourth-order valence-electron chi connectivity index (χ4n) is 3.48. The summed E-state index contributed by atoms with van der Waals surface area (Å²) in [5, 5.41) is 10.9. The van der Waals surface area contributed by atoms with Crippen LogP contribution in [-0.2, 0) is 9.59 Å². The van der Waals surface area contributed by atoms with Gasteiger partial charge < -0.3 is 10.0 Å². The van der Waals surface area contributed by atoms with E-state index in [1.807, 2.05) is 43.3 Å². The van der Waals surface area contributed by atoms with Crippen molar-refractivity contribution < 1.29 is 14.7 Å². The highest BCUT2D eigenvalue weighted by molar-refractivity contribution is 6.46. The van der Waals surface area contributed by atoms with Gasteiger partial charge in [0, 0.05) is 12.1 Å². The number of carbonyl (C=O) groups excluding carboxylic acids is 2. The van der Waals surface area contributed by atoms with Gasteiger partial charge in [0.05, 0.1) is 11.6 Å². The molecule has 0 unspecified atom stereocenters. The van der Waals surface area contributed by atoms with Gasteiger partial charge in [-0.1, -0.05) is 74.0 Å². The molecule has 0 aliphatic carbocycles. The Balaban J connectivity index is 2.15. The number of likely N-dealkylation sites (tertiary alicyclic amines) is 1. The van der Waals surface area contributed by atoms with Crippen LogP contribution in [-0.4, -0.2) is 28.2 Å². The Labute approximate surface area is 165 Å².